The highest BCUT2D eigenvalue weighted by Crippen LogP contribution is 2.16. The summed E-state index contributed by atoms with van der Waals surface area (Å²) in [6.07, 6.45) is 0. The molecule has 0 unspecified atom stereocenters. The van der Waals surface area contributed by atoms with Crippen molar-refractivity contribution in [3.63, 3.8) is 0 Å². The molecule has 0 amide bonds. The van der Waals surface area contributed by atoms with E-state index in [1.165, 1.54) is 5.01 Å². The van der Waals surface area contributed by atoms with Gasteiger partial charge in [-0.2, -0.15) is 0 Å². The summed E-state index contributed by atoms with van der Waals surface area (Å²) >= 11 is 4.82. The van der Waals surface area contributed by atoms with Crippen LogP contribution in [0.15, 0.2) is 60.7 Å². The van der Waals surface area contributed by atoms with Crippen LogP contribution in [0.1, 0.15) is 0 Å². The maximum Gasteiger partial charge on any atom is 0.280 e. The lowest BCUT2D eigenvalue weighted by molar-refractivity contribution is 0.554. The number of thiocarbonyl (C=S) groups is 1. The second-order valence-corrected chi connectivity index (χ2v) is 3.80. The van der Waals surface area contributed by atoms with Crippen LogP contribution >= 0.6 is 12.2 Å². The number of hydrogen-bond acceptors (Lipinski definition) is 2. The second-order valence-electron chi connectivity index (χ2n) is 3.43. The Hall–Kier alpha value is -2.07. The number of hydrogen-bond donors (Lipinski definition) is 2. The van der Waals surface area contributed by atoms with Crippen LogP contribution in [-0.4, -0.2) is 10.3 Å². The Kier molecular flexibility index (Phi) is 3.57. The van der Waals surface area contributed by atoms with E-state index in [0.717, 1.165) is 11.4 Å². The number of hydrazine groups is 1. The number of benzene rings is 2. The molecule has 0 bridgehead atoms. The van der Waals surface area contributed by atoms with Gasteiger partial charge in [0.2, 0.25) is 0 Å². The molecule has 17 heavy (non-hydrogen) atoms. The molecule has 4 heteroatoms. The molecule has 0 aliphatic heterocycles. The number of aliphatic hydroxyl groups excluding tert-OH is 1. The van der Waals surface area contributed by atoms with Gasteiger partial charge in [0.15, 0.2) is 0 Å². The molecule has 0 heterocycles. The molecule has 0 saturated heterocycles. The zero-order chi connectivity index (χ0) is 12.1. The number of rotatable bonds is 3. The van der Waals surface area contributed by atoms with Crippen molar-refractivity contribution in [3.05, 3.63) is 60.7 Å². The summed E-state index contributed by atoms with van der Waals surface area (Å²) in [6, 6.07) is 18.9. The highest BCUT2D eigenvalue weighted by Gasteiger charge is 2.09. The Morgan fingerprint density at radius 1 is 0.941 bits per heavy atom. The van der Waals surface area contributed by atoms with E-state index in [-0.39, 0.29) is 5.17 Å². The van der Waals surface area contributed by atoms with Crippen molar-refractivity contribution < 1.29 is 5.11 Å². The van der Waals surface area contributed by atoms with Crippen molar-refractivity contribution in [2.45, 2.75) is 0 Å². The molecule has 0 aromatic heterocycles. The first-order valence-corrected chi connectivity index (χ1v) is 5.58. The van der Waals surface area contributed by atoms with E-state index in [2.05, 4.69) is 5.43 Å². The number of anilines is 2. The van der Waals surface area contributed by atoms with Crippen LogP contribution in [-0.2, 0) is 0 Å². The number of aliphatic hydroxyl groups is 1. The largest absolute Gasteiger partial charge is 0.485 e. The molecule has 0 aliphatic carbocycles. The fourth-order valence-electron chi connectivity index (χ4n) is 1.44. The Morgan fingerprint density at radius 2 is 1.47 bits per heavy atom. The molecule has 0 atom stereocenters. The van der Waals surface area contributed by atoms with Crippen molar-refractivity contribution in [1.82, 2.24) is 0 Å². The fourth-order valence-corrected chi connectivity index (χ4v) is 1.59. The van der Waals surface area contributed by atoms with Gasteiger partial charge < -0.3 is 5.11 Å². The summed E-state index contributed by atoms with van der Waals surface area (Å²) in [5.74, 6) is 0. The van der Waals surface area contributed by atoms with Gasteiger partial charge >= 0.3 is 0 Å². The number of para-hydroxylation sites is 2. The van der Waals surface area contributed by atoms with E-state index in [1.807, 2.05) is 60.7 Å². The third kappa shape index (κ3) is 2.95. The van der Waals surface area contributed by atoms with Gasteiger partial charge in [-0.3, -0.25) is 5.43 Å². The molecule has 2 aromatic rings. The van der Waals surface area contributed by atoms with Crippen LogP contribution in [0.25, 0.3) is 0 Å². The average molecular weight is 244 g/mol. The van der Waals surface area contributed by atoms with Crippen molar-refractivity contribution in [3.8, 4) is 0 Å². The van der Waals surface area contributed by atoms with Gasteiger partial charge in [-0.15, -0.1) is 0 Å². The van der Waals surface area contributed by atoms with E-state index < -0.39 is 0 Å². The molecule has 2 aromatic carbocycles. The molecule has 0 spiro atoms. The van der Waals surface area contributed by atoms with Gasteiger partial charge in [-0.25, -0.2) is 5.01 Å². The minimum atomic E-state index is -0.222. The molecule has 0 saturated carbocycles. The quantitative estimate of drug-likeness (QED) is 0.641. The summed E-state index contributed by atoms with van der Waals surface area (Å²) < 4.78 is 0. The monoisotopic (exact) mass is 244 g/mol. The molecule has 0 fully saturated rings. The maximum absolute atomic E-state index is 9.52. The third-order valence-corrected chi connectivity index (χ3v) is 2.40. The van der Waals surface area contributed by atoms with Crippen molar-refractivity contribution >= 4 is 28.8 Å². The summed E-state index contributed by atoms with van der Waals surface area (Å²) in [5, 5.41) is 10.7. The van der Waals surface area contributed by atoms with Gasteiger partial charge in [-0.05, 0) is 36.5 Å². The first-order chi connectivity index (χ1) is 8.27. The highest BCUT2D eigenvalue weighted by atomic mass is 32.1. The van der Waals surface area contributed by atoms with Crippen LogP contribution in [0, 0.1) is 0 Å². The van der Waals surface area contributed by atoms with E-state index in [9.17, 15) is 5.11 Å². The predicted molar refractivity (Wildman–Crippen MR) is 74.2 cm³/mol. The second kappa shape index (κ2) is 5.32. The summed E-state index contributed by atoms with van der Waals surface area (Å²) in [4.78, 5) is 0. The van der Waals surface area contributed by atoms with Gasteiger partial charge in [0.1, 0.15) is 0 Å². The summed E-state index contributed by atoms with van der Waals surface area (Å²) in [5.41, 5.74) is 4.67. The van der Waals surface area contributed by atoms with Crippen molar-refractivity contribution in [2.75, 3.05) is 10.4 Å². The van der Waals surface area contributed by atoms with E-state index in [0.29, 0.717) is 0 Å². The Bertz CT molecular complexity index is 487. The van der Waals surface area contributed by atoms with Crippen LogP contribution in [0.2, 0.25) is 0 Å². The SMILES string of the molecule is OC(=S)N(Nc1ccccc1)c1ccccc1. The van der Waals surface area contributed by atoms with Gasteiger partial charge in [0, 0.05) is 0 Å². The third-order valence-electron chi connectivity index (χ3n) is 2.22. The Morgan fingerprint density at radius 3 is 2.00 bits per heavy atom. The van der Waals surface area contributed by atoms with E-state index >= 15 is 0 Å². The Balaban J connectivity index is 2.23. The Labute approximate surface area is 105 Å². The zero-order valence-electron chi connectivity index (χ0n) is 9.08. The van der Waals surface area contributed by atoms with Crippen LogP contribution < -0.4 is 10.4 Å². The lowest BCUT2D eigenvalue weighted by atomic mass is 10.3. The minimum absolute atomic E-state index is 0.222. The molecule has 0 radical (unpaired) electrons. The molecule has 2 rings (SSSR count). The van der Waals surface area contributed by atoms with Gasteiger partial charge in [0.05, 0.1) is 11.4 Å². The van der Waals surface area contributed by atoms with Gasteiger partial charge in [0.25, 0.3) is 5.17 Å². The normalized spacial score (nSPS) is 9.65. The first kappa shape index (κ1) is 11.4. The molecular weight excluding hydrogens is 232 g/mol. The topological polar surface area (TPSA) is 35.5 Å². The van der Waals surface area contributed by atoms with E-state index in [4.69, 9.17) is 12.2 Å². The predicted octanol–water partition coefficient (Wildman–Crippen LogP) is 3.36. The molecule has 3 nitrogen and oxygen atoms in total. The average Bonchev–Trinajstić information content (AvgIpc) is 2.38. The van der Waals surface area contributed by atoms with Crippen LogP contribution in [0.5, 0.6) is 0 Å². The number of nitrogens with one attached hydrogen (secondary N) is 1. The van der Waals surface area contributed by atoms with Crippen LogP contribution in [0.4, 0.5) is 11.4 Å². The van der Waals surface area contributed by atoms with E-state index in [1.54, 1.807) is 0 Å². The zero-order valence-corrected chi connectivity index (χ0v) is 9.89. The molecule has 86 valence electrons. The molecular formula is C13H12N2OS. The fraction of sp³-hybridized carbons (Fsp3) is 0. The minimum Gasteiger partial charge on any atom is -0.485 e. The van der Waals surface area contributed by atoms with Crippen molar-refractivity contribution in [1.29, 1.82) is 0 Å². The van der Waals surface area contributed by atoms with Crippen molar-refractivity contribution in [2.24, 2.45) is 0 Å². The molecule has 2 N–H and O–H groups in total. The maximum atomic E-state index is 9.52. The highest BCUT2D eigenvalue weighted by molar-refractivity contribution is 7.80. The lowest BCUT2D eigenvalue weighted by Crippen LogP contribution is -2.34. The summed E-state index contributed by atoms with van der Waals surface area (Å²) in [7, 11) is 0. The standard InChI is InChI=1S/C13H12N2OS/c16-13(17)15(12-9-5-2-6-10-12)14-11-7-3-1-4-8-11/h1-10,14H,(H,16,17). The molecule has 0 aliphatic rings. The number of nitrogens with zero attached hydrogens (tertiary/aromatic N) is 1. The lowest BCUT2D eigenvalue weighted by Gasteiger charge is -2.23. The first-order valence-electron chi connectivity index (χ1n) is 5.17. The van der Waals surface area contributed by atoms with Gasteiger partial charge in [-0.1, -0.05) is 36.4 Å². The smallest absolute Gasteiger partial charge is 0.280 e. The van der Waals surface area contributed by atoms with Crippen LogP contribution in [0.3, 0.4) is 0 Å². The summed E-state index contributed by atoms with van der Waals surface area (Å²) in [6.45, 7) is 0.